The Labute approximate surface area is 126 Å². The van der Waals surface area contributed by atoms with Crippen LogP contribution in [0.3, 0.4) is 0 Å². The molecule has 2 rings (SSSR count). The number of piperidine rings is 1. The number of aromatic nitrogens is 1. The number of carboxylic acid groups (broad SMARTS) is 1. The van der Waals surface area contributed by atoms with E-state index >= 15 is 0 Å². The van der Waals surface area contributed by atoms with Crippen LogP contribution in [0.15, 0.2) is 18.3 Å². The molecule has 0 radical (unpaired) electrons. The van der Waals surface area contributed by atoms with E-state index in [9.17, 15) is 9.90 Å². The molecule has 0 unspecified atom stereocenters. The van der Waals surface area contributed by atoms with E-state index in [0.29, 0.717) is 13.0 Å². The normalized spacial score (nSPS) is 23.0. The SMILES string of the molecule is CC[C@]1(C(=O)O)CCCN(Cc2ccc(N(C)C)nc2)C1. The van der Waals surface area contributed by atoms with E-state index in [-0.39, 0.29) is 0 Å². The maximum absolute atomic E-state index is 11.6. The highest BCUT2D eigenvalue weighted by Crippen LogP contribution is 2.34. The van der Waals surface area contributed by atoms with Crippen molar-refractivity contribution in [3.8, 4) is 0 Å². The van der Waals surface area contributed by atoms with Crippen molar-refractivity contribution in [1.82, 2.24) is 9.88 Å². The number of rotatable bonds is 5. The van der Waals surface area contributed by atoms with E-state index in [1.54, 1.807) is 0 Å². The molecule has 0 spiro atoms. The Balaban J connectivity index is 2.04. The molecule has 1 N–H and O–H groups in total. The summed E-state index contributed by atoms with van der Waals surface area (Å²) < 4.78 is 0. The van der Waals surface area contributed by atoms with E-state index in [0.717, 1.165) is 37.3 Å². The number of hydrogen-bond acceptors (Lipinski definition) is 4. The van der Waals surface area contributed by atoms with Crippen molar-refractivity contribution in [2.45, 2.75) is 32.7 Å². The number of carbonyl (C=O) groups is 1. The Morgan fingerprint density at radius 3 is 2.76 bits per heavy atom. The van der Waals surface area contributed by atoms with Gasteiger partial charge in [0, 0.05) is 33.4 Å². The third-order valence-corrected chi connectivity index (χ3v) is 4.46. The molecule has 1 saturated heterocycles. The first-order valence-electron chi connectivity index (χ1n) is 7.55. The average molecular weight is 291 g/mol. The second kappa shape index (κ2) is 6.43. The van der Waals surface area contributed by atoms with Gasteiger partial charge in [0.2, 0.25) is 0 Å². The predicted octanol–water partition coefficient (Wildman–Crippen LogP) is 2.22. The van der Waals surface area contributed by atoms with Gasteiger partial charge in [0.25, 0.3) is 0 Å². The smallest absolute Gasteiger partial charge is 0.310 e. The van der Waals surface area contributed by atoms with Crippen LogP contribution in [0.5, 0.6) is 0 Å². The third-order valence-electron chi connectivity index (χ3n) is 4.46. The average Bonchev–Trinajstić information content (AvgIpc) is 2.47. The van der Waals surface area contributed by atoms with Crippen LogP contribution in [0, 0.1) is 5.41 Å². The fraction of sp³-hybridized carbons (Fsp3) is 0.625. The van der Waals surface area contributed by atoms with E-state index in [1.165, 1.54) is 0 Å². The van der Waals surface area contributed by atoms with Crippen molar-refractivity contribution in [2.75, 3.05) is 32.1 Å². The zero-order chi connectivity index (χ0) is 15.5. The molecule has 5 nitrogen and oxygen atoms in total. The minimum absolute atomic E-state index is 0.574. The molecule has 1 fully saturated rings. The molecular weight excluding hydrogens is 266 g/mol. The predicted molar refractivity (Wildman–Crippen MR) is 83.4 cm³/mol. The van der Waals surface area contributed by atoms with Gasteiger partial charge in [-0.2, -0.15) is 0 Å². The van der Waals surface area contributed by atoms with Gasteiger partial charge in [0.05, 0.1) is 5.41 Å². The number of hydrogen-bond donors (Lipinski definition) is 1. The van der Waals surface area contributed by atoms with Crippen molar-refractivity contribution >= 4 is 11.8 Å². The number of pyridine rings is 1. The zero-order valence-corrected chi connectivity index (χ0v) is 13.2. The fourth-order valence-corrected chi connectivity index (χ4v) is 3.01. The summed E-state index contributed by atoms with van der Waals surface area (Å²) in [5, 5.41) is 9.53. The van der Waals surface area contributed by atoms with Crippen LogP contribution in [-0.2, 0) is 11.3 Å². The molecule has 1 aliphatic rings. The number of carboxylic acids is 1. The van der Waals surface area contributed by atoms with Crippen LogP contribution < -0.4 is 4.90 Å². The van der Waals surface area contributed by atoms with Crippen LogP contribution >= 0.6 is 0 Å². The summed E-state index contributed by atoms with van der Waals surface area (Å²) in [4.78, 5) is 20.2. The lowest BCUT2D eigenvalue weighted by atomic mass is 9.77. The van der Waals surface area contributed by atoms with E-state index in [4.69, 9.17) is 0 Å². The lowest BCUT2D eigenvalue weighted by Crippen LogP contribution is -2.47. The van der Waals surface area contributed by atoms with Gasteiger partial charge >= 0.3 is 5.97 Å². The number of nitrogens with zero attached hydrogens (tertiary/aromatic N) is 3. The van der Waals surface area contributed by atoms with Crippen LogP contribution in [0.25, 0.3) is 0 Å². The molecule has 0 aliphatic carbocycles. The lowest BCUT2D eigenvalue weighted by Gasteiger charge is -2.39. The van der Waals surface area contributed by atoms with Crippen molar-refractivity contribution < 1.29 is 9.90 Å². The van der Waals surface area contributed by atoms with Crippen LogP contribution in [0.2, 0.25) is 0 Å². The summed E-state index contributed by atoms with van der Waals surface area (Å²) in [5.74, 6) is 0.279. The van der Waals surface area contributed by atoms with Crippen LogP contribution in [0.1, 0.15) is 31.7 Å². The van der Waals surface area contributed by atoms with Crippen molar-refractivity contribution in [2.24, 2.45) is 5.41 Å². The highest BCUT2D eigenvalue weighted by atomic mass is 16.4. The van der Waals surface area contributed by atoms with E-state index in [1.807, 2.05) is 38.2 Å². The van der Waals surface area contributed by atoms with Crippen molar-refractivity contribution in [3.63, 3.8) is 0 Å². The monoisotopic (exact) mass is 291 g/mol. The Bertz CT molecular complexity index is 487. The maximum atomic E-state index is 11.6. The van der Waals surface area contributed by atoms with Crippen molar-refractivity contribution in [3.05, 3.63) is 23.9 Å². The standard InChI is InChI=1S/C16H25N3O2/c1-4-16(15(20)21)8-5-9-19(12-16)11-13-6-7-14(17-10-13)18(2)3/h6-7,10H,4-5,8-9,11-12H2,1-3H3,(H,20,21)/t16-/m0/s1. The zero-order valence-electron chi connectivity index (χ0n) is 13.2. The van der Waals surface area contributed by atoms with Gasteiger partial charge in [-0.3, -0.25) is 9.69 Å². The molecule has 0 bridgehead atoms. The minimum atomic E-state index is -0.657. The summed E-state index contributed by atoms with van der Waals surface area (Å²) in [6.07, 6.45) is 4.31. The third kappa shape index (κ3) is 3.53. The van der Waals surface area contributed by atoms with Gasteiger partial charge in [-0.25, -0.2) is 4.98 Å². The van der Waals surface area contributed by atoms with Gasteiger partial charge in [0.1, 0.15) is 5.82 Å². The fourth-order valence-electron chi connectivity index (χ4n) is 3.01. The Kier molecular flexibility index (Phi) is 4.83. The molecular formula is C16H25N3O2. The van der Waals surface area contributed by atoms with Gasteiger partial charge in [-0.05, 0) is 37.4 Å². The number of aliphatic carboxylic acids is 1. The lowest BCUT2D eigenvalue weighted by molar-refractivity contribution is -0.153. The molecule has 5 heteroatoms. The van der Waals surface area contributed by atoms with Crippen LogP contribution in [0.4, 0.5) is 5.82 Å². The van der Waals surface area contributed by atoms with Gasteiger partial charge in [-0.15, -0.1) is 0 Å². The summed E-state index contributed by atoms with van der Waals surface area (Å²) in [7, 11) is 3.93. The molecule has 1 aromatic rings. The molecule has 116 valence electrons. The van der Waals surface area contributed by atoms with Gasteiger partial charge in [-0.1, -0.05) is 13.0 Å². The summed E-state index contributed by atoms with van der Waals surface area (Å²) >= 11 is 0. The topological polar surface area (TPSA) is 56.7 Å². The van der Waals surface area contributed by atoms with Gasteiger partial charge in [0.15, 0.2) is 0 Å². The van der Waals surface area contributed by atoms with E-state index in [2.05, 4.69) is 16.0 Å². The number of anilines is 1. The second-order valence-electron chi connectivity index (χ2n) is 6.17. The quantitative estimate of drug-likeness (QED) is 0.901. The second-order valence-corrected chi connectivity index (χ2v) is 6.17. The molecule has 1 aliphatic heterocycles. The maximum Gasteiger partial charge on any atom is 0.310 e. The summed E-state index contributed by atoms with van der Waals surface area (Å²) in [6, 6.07) is 4.08. The molecule has 21 heavy (non-hydrogen) atoms. The highest BCUT2D eigenvalue weighted by molar-refractivity contribution is 5.75. The first-order valence-corrected chi connectivity index (χ1v) is 7.55. The van der Waals surface area contributed by atoms with Gasteiger partial charge < -0.3 is 10.0 Å². The first kappa shape index (κ1) is 15.8. The molecule has 1 atom stereocenters. The minimum Gasteiger partial charge on any atom is -0.481 e. The summed E-state index contributed by atoms with van der Waals surface area (Å²) in [6.45, 7) is 4.35. The highest BCUT2D eigenvalue weighted by Gasteiger charge is 2.40. The molecule has 1 aromatic heterocycles. The molecule has 0 amide bonds. The molecule has 2 heterocycles. The van der Waals surface area contributed by atoms with E-state index < -0.39 is 11.4 Å². The Morgan fingerprint density at radius 1 is 1.48 bits per heavy atom. The van der Waals surface area contributed by atoms with Crippen molar-refractivity contribution in [1.29, 1.82) is 0 Å². The molecule has 0 aromatic carbocycles. The summed E-state index contributed by atoms with van der Waals surface area (Å²) in [5.41, 5.74) is 0.563. The van der Waals surface area contributed by atoms with Crippen LogP contribution in [-0.4, -0.2) is 48.1 Å². The Hall–Kier alpha value is -1.62. The number of likely N-dealkylation sites (tertiary alicyclic amines) is 1. The Morgan fingerprint density at radius 2 is 2.24 bits per heavy atom. The largest absolute Gasteiger partial charge is 0.481 e. The first-order chi connectivity index (χ1) is 9.97. The molecule has 0 saturated carbocycles.